The Morgan fingerprint density at radius 2 is 0.611 bits per heavy atom. The molecule has 8 aromatic rings. The fourth-order valence-corrected chi connectivity index (χ4v) is 14.3. The lowest BCUT2D eigenvalue weighted by Gasteiger charge is -2.13. The summed E-state index contributed by atoms with van der Waals surface area (Å²) < 4.78 is 4.94. The fourth-order valence-electron chi connectivity index (χ4n) is 14.3. The van der Waals surface area contributed by atoms with E-state index in [2.05, 4.69) is 118 Å². The van der Waals surface area contributed by atoms with Crippen molar-refractivity contribution in [2.75, 3.05) is 7.11 Å². The third-order valence-electron chi connectivity index (χ3n) is 20.0. The Bertz CT molecular complexity index is 4070. The molecule has 0 fully saturated rings. The predicted octanol–water partition coefficient (Wildman–Crippen LogP) is 23.1. The summed E-state index contributed by atoms with van der Waals surface area (Å²) in [6.07, 6.45) is 43.3. The van der Waals surface area contributed by atoms with Gasteiger partial charge in [0.15, 0.2) is 23.3 Å². The zero-order valence-corrected chi connectivity index (χ0v) is 59.2. The molecule has 10 heteroatoms. The number of aromatic amines is 2. The van der Waals surface area contributed by atoms with Gasteiger partial charge in [0.05, 0.1) is 13.5 Å². The second kappa shape index (κ2) is 36.6. The van der Waals surface area contributed by atoms with E-state index in [9.17, 15) is 4.79 Å². The highest BCUT2D eigenvalue weighted by Gasteiger charge is 2.26. The highest BCUT2D eigenvalue weighted by Crippen LogP contribution is 2.41. The van der Waals surface area contributed by atoms with Crippen LogP contribution in [0.15, 0.2) is 78.9 Å². The van der Waals surface area contributed by atoms with Crippen molar-refractivity contribution in [1.29, 1.82) is 0 Å². The molecule has 2 aliphatic rings. The van der Waals surface area contributed by atoms with Crippen LogP contribution in [0.1, 0.15) is 284 Å². The second-order valence-electron chi connectivity index (χ2n) is 27.6. The number of nitrogens with one attached hydrogen (secondary N) is 2. The summed E-state index contributed by atoms with van der Waals surface area (Å²) in [5.74, 6) is 9.23. The molecule has 0 aliphatic carbocycles. The van der Waals surface area contributed by atoms with Gasteiger partial charge in [0, 0.05) is 54.9 Å². The van der Waals surface area contributed by atoms with Crippen molar-refractivity contribution >= 4 is 50.1 Å². The number of ether oxygens (including phenoxy) is 1. The van der Waals surface area contributed by atoms with Gasteiger partial charge < -0.3 is 14.7 Å². The smallest absolute Gasteiger partial charge is 0.309 e. The fraction of sp³-hybridized carbons (Fsp3) is 0.518. The van der Waals surface area contributed by atoms with Crippen LogP contribution in [0, 0.1) is 11.8 Å². The summed E-state index contributed by atoms with van der Waals surface area (Å²) >= 11 is 0. The Balaban J connectivity index is 1.24. The molecule has 0 spiro atoms. The number of nitrogens with zero attached hydrogens (tertiary/aromatic N) is 6. The Morgan fingerprint density at radius 1 is 0.326 bits per heavy atom. The van der Waals surface area contributed by atoms with Crippen molar-refractivity contribution in [1.82, 2.24) is 39.9 Å². The minimum Gasteiger partial charge on any atom is -0.469 e. The summed E-state index contributed by atoms with van der Waals surface area (Å²) in [5.41, 5.74) is 18.0. The number of methoxy groups -OCH3 is 1. The molecule has 0 saturated carbocycles. The number of hydrogen-bond donors (Lipinski definition) is 2. The van der Waals surface area contributed by atoms with Gasteiger partial charge in [-0.25, -0.2) is 29.9 Å². The normalized spacial score (nSPS) is 11.8. The molecule has 95 heavy (non-hydrogen) atoms. The molecule has 10 nitrogen and oxygen atoms in total. The highest BCUT2D eigenvalue weighted by atomic mass is 16.5. The minimum absolute atomic E-state index is 0.217. The molecule has 10 rings (SSSR count). The number of aryl methyl sites for hydroxylation is 6. The van der Waals surface area contributed by atoms with E-state index in [0.29, 0.717) is 34.6 Å². The third-order valence-corrected chi connectivity index (χ3v) is 20.0. The highest BCUT2D eigenvalue weighted by molar-refractivity contribution is 6.07. The van der Waals surface area contributed by atoms with Gasteiger partial charge in [-0.15, -0.1) is 0 Å². The summed E-state index contributed by atoms with van der Waals surface area (Å²) in [5, 5.41) is 3.96. The van der Waals surface area contributed by atoms with Gasteiger partial charge in [0.1, 0.15) is 22.6 Å². The maximum atomic E-state index is 12.1. The molecular formula is C85H110N8O2. The van der Waals surface area contributed by atoms with E-state index in [0.717, 1.165) is 136 Å². The first-order chi connectivity index (χ1) is 46.7. The molecule has 0 atom stereocenters. The molecule has 5 heterocycles. The van der Waals surface area contributed by atoms with E-state index in [1.165, 1.54) is 207 Å². The first-order valence-corrected chi connectivity index (χ1v) is 37.8. The maximum Gasteiger partial charge on any atom is 0.309 e. The largest absolute Gasteiger partial charge is 0.469 e. The van der Waals surface area contributed by atoms with Gasteiger partial charge in [0.25, 0.3) is 0 Å². The molecular weight excluding hydrogens is 1160 g/mol. The number of hydrogen-bond acceptors (Lipinski definition) is 8. The minimum atomic E-state index is -0.267. The summed E-state index contributed by atoms with van der Waals surface area (Å²) in [4.78, 5) is 53.8. The standard InChI is InChI=1S/C85H110N8O2/c1-8-14-20-26-32-38-63-54-71-72(55-64(63)39-33-27-21-15-9-2)82-89-80(71)87-78-69-51-50-61(47-44-60-45-48-62(49-46-60)53-77(94)95-7)52-70(69)79(86-78)88-81-73-56-65(40-34-28-22-16-10-3)66(41-35-29-23-17-11-4)57-74(73)83(90-81)92-85-76-59-68(43-37-31-25-19-13-6)67(42-36-30-24-18-12-5)58-75(76)84(91-82)93-85/h45-46,48-52,54-59H,8-43,53H2,1-7H3,(H2,86,87,88,89,90,91,92,93). The molecule has 3 aromatic heterocycles. The first-order valence-electron chi connectivity index (χ1n) is 37.8. The number of H-pyrrole nitrogens is 2. The SMILES string of the molecule is CCCCCCCc1cc2c(cc1CCCCCCC)-c1nc-2nc2[nH]c(nc3nc(nc4[nH]c(n1)c1cc(CCCCCCC)c(CCCCCCC)cc41)-c1cc(CCCCCCC)c(CCCCCCC)cc1-3)c1cc(C#Cc3ccc(CC(=O)OC)cc3)ccc21. The van der Waals surface area contributed by atoms with Crippen LogP contribution in [-0.4, -0.2) is 53.0 Å². The van der Waals surface area contributed by atoms with E-state index < -0.39 is 0 Å². The summed E-state index contributed by atoms with van der Waals surface area (Å²) in [6, 6.07) is 28.9. The lowest BCUT2D eigenvalue weighted by Crippen LogP contribution is -2.04. The van der Waals surface area contributed by atoms with E-state index in [4.69, 9.17) is 34.6 Å². The Hall–Kier alpha value is -7.51. The monoisotopic (exact) mass is 1270 g/mol. The third kappa shape index (κ3) is 19.0. The lowest BCUT2D eigenvalue weighted by atomic mass is 9.92. The zero-order valence-electron chi connectivity index (χ0n) is 59.2. The molecule has 2 aliphatic heterocycles. The zero-order chi connectivity index (χ0) is 66.1. The van der Waals surface area contributed by atoms with E-state index in [1.807, 2.05) is 24.3 Å². The number of rotatable bonds is 38. The van der Waals surface area contributed by atoms with Crippen molar-refractivity contribution in [3.05, 3.63) is 129 Å². The van der Waals surface area contributed by atoms with Crippen molar-refractivity contribution in [3.63, 3.8) is 0 Å². The molecule has 2 N–H and O–H groups in total. The van der Waals surface area contributed by atoms with Crippen LogP contribution in [-0.2, 0) is 54.5 Å². The van der Waals surface area contributed by atoms with Gasteiger partial charge in [-0.1, -0.05) is 220 Å². The van der Waals surface area contributed by atoms with Crippen molar-refractivity contribution in [2.45, 2.75) is 279 Å². The van der Waals surface area contributed by atoms with Crippen LogP contribution in [0.2, 0.25) is 0 Å². The molecule has 0 saturated heterocycles. The van der Waals surface area contributed by atoms with Crippen LogP contribution < -0.4 is 0 Å². The van der Waals surface area contributed by atoms with Gasteiger partial charge in [-0.05, 0) is 183 Å². The van der Waals surface area contributed by atoms with Crippen LogP contribution in [0.3, 0.4) is 0 Å². The average molecular weight is 1280 g/mol. The Kier molecular flexibility index (Phi) is 27.1. The van der Waals surface area contributed by atoms with Crippen LogP contribution in [0.5, 0.6) is 0 Å². The number of fused-ring (bicyclic) bond motifs is 20. The lowest BCUT2D eigenvalue weighted by molar-refractivity contribution is -0.139. The summed E-state index contributed by atoms with van der Waals surface area (Å²) in [6.45, 7) is 13.8. The summed E-state index contributed by atoms with van der Waals surface area (Å²) in [7, 11) is 1.42. The number of esters is 1. The van der Waals surface area contributed by atoms with E-state index >= 15 is 0 Å². The van der Waals surface area contributed by atoms with Crippen LogP contribution in [0.25, 0.3) is 89.7 Å². The predicted molar refractivity (Wildman–Crippen MR) is 399 cm³/mol. The number of benzene rings is 5. The molecule has 5 aromatic carbocycles. The number of unbranched alkanes of at least 4 members (excludes halogenated alkanes) is 24. The molecule has 502 valence electrons. The number of aromatic nitrogens is 8. The molecule has 8 bridgehead atoms. The van der Waals surface area contributed by atoms with Crippen molar-refractivity contribution < 1.29 is 9.53 Å². The van der Waals surface area contributed by atoms with E-state index in [-0.39, 0.29) is 12.4 Å². The van der Waals surface area contributed by atoms with Gasteiger partial charge >= 0.3 is 5.97 Å². The maximum absolute atomic E-state index is 12.1. The van der Waals surface area contributed by atoms with Gasteiger partial charge in [0.2, 0.25) is 0 Å². The molecule has 0 amide bonds. The average Bonchev–Trinajstić information content (AvgIpc) is 1.61. The van der Waals surface area contributed by atoms with Crippen LogP contribution in [0.4, 0.5) is 0 Å². The van der Waals surface area contributed by atoms with Gasteiger partial charge in [-0.3, -0.25) is 4.79 Å². The van der Waals surface area contributed by atoms with Crippen LogP contribution >= 0.6 is 0 Å². The Labute approximate surface area is 569 Å². The molecule has 0 unspecified atom stereocenters. The van der Waals surface area contributed by atoms with Crippen molar-refractivity contribution in [3.8, 4) is 57.4 Å². The second-order valence-corrected chi connectivity index (χ2v) is 27.6. The van der Waals surface area contributed by atoms with Gasteiger partial charge in [-0.2, -0.15) is 0 Å². The number of carbonyl (C=O) groups excluding carboxylic acids is 1. The number of carbonyl (C=O) groups is 1. The first kappa shape index (κ1) is 70.3. The molecule has 0 radical (unpaired) electrons. The quantitative estimate of drug-likeness (QED) is 0.0222. The topological polar surface area (TPSA) is 135 Å². The Morgan fingerprint density at radius 3 is 0.937 bits per heavy atom. The van der Waals surface area contributed by atoms with Crippen molar-refractivity contribution in [2.24, 2.45) is 0 Å². The van der Waals surface area contributed by atoms with E-state index in [1.54, 1.807) is 0 Å².